The van der Waals surface area contributed by atoms with E-state index in [0.717, 1.165) is 0 Å². The van der Waals surface area contributed by atoms with Crippen molar-refractivity contribution >= 4 is 16.0 Å². The van der Waals surface area contributed by atoms with Gasteiger partial charge in [0, 0.05) is 33.2 Å². The lowest BCUT2D eigenvalue weighted by Crippen LogP contribution is -2.34. The first kappa shape index (κ1) is 17.3. The number of anilines is 1. The first-order valence-corrected chi connectivity index (χ1v) is 7.92. The molecule has 0 aliphatic rings. The molecule has 0 spiro atoms. The largest absolute Gasteiger partial charge is 0.383 e. The molecule has 1 rings (SSSR count). The van der Waals surface area contributed by atoms with Gasteiger partial charge in [-0.05, 0) is 6.92 Å². The van der Waals surface area contributed by atoms with Crippen molar-refractivity contribution in [1.82, 2.24) is 14.3 Å². The van der Waals surface area contributed by atoms with Crippen molar-refractivity contribution in [2.75, 3.05) is 38.7 Å². The molecule has 0 fully saturated rings. The van der Waals surface area contributed by atoms with E-state index in [4.69, 9.17) is 10.00 Å². The van der Waals surface area contributed by atoms with E-state index in [2.05, 4.69) is 15.3 Å². The van der Waals surface area contributed by atoms with Crippen LogP contribution in [-0.4, -0.2) is 56.0 Å². The molecule has 8 nitrogen and oxygen atoms in total. The molecule has 21 heavy (non-hydrogen) atoms. The van der Waals surface area contributed by atoms with E-state index in [9.17, 15) is 8.42 Å². The van der Waals surface area contributed by atoms with Crippen LogP contribution in [0.3, 0.4) is 0 Å². The molecule has 1 heterocycles. The highest BCUT2D eigenvalue weighted by molar-refractivity contribution is 7.89. The minimum atomic E-state index is -3.73. The quantitative estimate of drug-likeness (QED) is 0.705. The van der Waals surface area contributed by atoms with Crippen LogP contribution in [0, 0.1) is 11.3 Å². The van der Waals surface area contributed by atoms with Crippen LogP contribution < -0.4 is 5.32 Å². The second kappa shape index (κ2) is 8.51. The van der Waals surface area contributed by atoms with Crippen molar-refractivity contribution in [3.63, 3.8) is 0 Å². The molecule has 1 N–H and O–H groups in total. The van der Waals surface area contributed by atoms with E-state index in [1.807, 2.05) is 13.0 Å². The lowest BCUT2D eigenvalue weighted by Gasteiger charge is -2.20. The van der Waals surface area contributed by atoms with Gasteiger partial charge < -0.3 is 10.1 Å². The summed E-state index contributed by atoms with van der Waals surface area (Å²) in [4.78, 5) is 7.91. The van der Waals surface area contributed by atoms with Gasteiger partial charge in [0.25, 0.3) is 0 Å². The minimum absolute atomic E-state index is 0.00167. The molecule has 0 saturated carbocycles. The van der Waals surface area contributed by atoms with E-state index < -0.39 is 10.0 Å². The van der Waals surface area contributed by atoms with Gasteiger partial charge in [0.2, 0.25) is 16.0 Å². The van der Waals surface area contributed by atoms with E-state index in [1.54, 1.807) is 0 Å². The van der Waals surface area contributed by atoms with Crippen molar-refractivity contribution in [1.29, 1.82) is 5.26 Å². The molecule has 0 aromatic carbocycles. The number of methoxy groups -OCH3 is 1. The summed E-state index contributed by atoms with van der Waals surface area (Å²) in [5, 5.41) is 11.5. The summed E-state index contributed by atoms with van der Waals surface area (Å²) in [6.45, 7) is 3.07. The molecular formula is C12H19N5O3S. The summed E-state index contributed by atoms with van der Waals surface area (Å²) >= 11 is 0. The van der Waals surface area contributed by atoms with Gasteiger partial charge in [0.1, 0.15) is 4.90 Å². The third-order valence-corrected chi connectivity index (χ3v) is 4.47. The van der Waals surface area contributed by atoms with Gasteiger partial charge in [-0.25, -0.2) is 18.4 Å². The molecule has 1 aromatic rings. The molecule has 0 bridgehead atoms. The van der Waals surface area contributed by atoms with Gasteiger partial charge in [-0.3, -0.25) is 0 Å². The molecule has 0 radical (unpaired) electrons. The topological polar surface area (TPSA) is 108 Å². The summed E-state index contributed by atoms with van der Waals surface area (Å²) in [5.74, 6) is 0.372. The minimum Gasteiger partial charge on any atom is -0.383 e. The van der Waals surface area contributed by atoms with Gasteiger partial charge in [0.15, 0.2) is 0 Å². The molecule has 9 heteroatoms. The van der Waals surface area contributed by atoms with Crippen molar-refractivity contribution in [2.45, 2.75) is 18.2 Å². The first-order chi connectivity index (χ1) is 10.1. The Morgan fingerprint density at radius 1 is 1.38 bits per heavy atom. The summed E-state index contributed by atoms with van der Waals surface area (Å²) in [7, 11) is -2.24. The second-order valence-corrected chi connectivity index (χ2v) is 6.02. The van der Waals surface area contributed by atoms with Gasteiger partial charge in [-0.15, -0.1) is 0 Å². The second-order valence-electron chi connectivity index (χ2n) is 4.08. The number of hydrogen-bond acceptors (Lipinski definition) is 7. The highest BCUT2D eigenvalue weighted by Crippen LogP contribution is 2.15. The number of hydrogen-bond donors (Lipinski definition) is 1. The zero-order chi connectivity index (χ0) is 15.7. The Hall–Kier alpha value is -1.76. The van der Waals surface area contributed by atoms with E-state index in [1.165, 1.54) is 23.8 Å². The number of rotatable bonds is 9. The summed E-state index contributed by atoms with van der Waals surface area (Å²) in [6.07, 6.45) is 2.62. The lowest BCUT2D eigenvalue weighted by atomic mass is 10.4. The van der Waals surface area contributed by atoms with Gasteiger partial charge in [-0.1, -0.05) is 0 Å². The first-order valence-electron chi connectivity index (χ1n) is 6.48. The van der Waals surface area contributed by atoms with E-state index in [0.29, 0.717) is 12.5 Å². The van der Waals surface area contributed by atoms with Crippen molar-refractivity contribution in [3.8, 4) is 6.07 Å². The average Bonchev–Trinajstić information content (AvgIpc) is 2.48. The molecule has 1 aromatic heterocycles. The van der Waals surface area contributed by atoms with Gasteiger partial charge in [-0.2, -0.15) is 9.57 Å². The Bertz CT molecular complexity index is 568. The van der Waals surface area contributed by atoms with Crippen LogP contribution >= 0.6 is 0 Å². The predicted octanol–water partition coefficient (Wildman–Crippen LogP) is 0.459. The maximum atomic E-state index is 12.5. The summed E-state index contributed by atoms with van der Waals surface area (Å²) in [6, 6.07) is 1.94. The number of nitrogens with zero attached hydrogens (tertiary/aromatic N) is 4. The number of nitriles is 1. The molecule has 0 aliphatic heterocycles. The average molecular weight is 313 g/mol. The smallest absolute Gasteiger partial charge is 0.246 e. The predicted molar refractivity (Wildman–Crippen MR) is 77.1 cm³/mol. The Morgan fingerprint density at radius 3 is 2.57 bits per heavy atom. The van der Waals surface area contributed by atoms with Crippen LogP contribution in [0.2, 0.25) is 0 Å². The monoisotopic (exact) mass is 313 g/mol. The summed E-state index contributed by atoms with van der Waals surface area (Å²) in [5.41, 5.74) is 0. The summed E-state index contributed by atoms with van der Waals surface area (Å²) < 4.78 is 31.1. The molecule has 0 saturated heterocycles. The standard InChI is InChI=1S/C12H19N5O3S/c1-3-14-12-15-9-11(10-16-12)21(18,19)17(6-4-5-13)7-8-20-2/h9-10H,3-4,6-8H2,1-2H3,(H,14,15,16). The Morgan fingerprint density at radius 2 is 2.05 bits per heavy atom. The molecular weight excluding hydrogens is 294 g/mol. The number of aromatic nitrogens is 2. The molecule has 0 unspecified atom stereocenters. The highest BCUT2D eigenvalue weighted by atomic mass is 32.2. The zero-order valence-electron chi connectivity index (χ0n) is 12.1. The van der Waals surface area contributed by atoms with Crippen LogP contribution in [0.4, 0.5) is 5.95 Å². The number of nitrogens with one attached hydrogen (secondary N) is 1. The maximum absolute atomic E-state index is 12.5. The molecule has 116 valence electrons. The van der Waals surface area contributed by atoms with Crippen molar-refractivity contribution in [2.24, 2.45) is 0 Å². The van der Waals surface area contributed by atoms with Crippen molar-refractivity contribution < 1.29 is 13.2 Å². The number of ether oxygens (including phenoxy) is 1. The highest BCUT2D eigenvalue weighted by Gasteiger charge is 2.24. The Kier molecular flexibility index (Phi) is 7.01. The van der Waals surface area contributed by atoms with Crippen LogP contribution in [0.1, 0.15) is 13.3 Å². The fourth-order valence-electron chi connectivity index (χ4n) is 1.57. The molecule has 0 aliphatic carbocycles. The van der Waals surface area contributed by atoms with Gasteiger partial charge in [0.05, 0.1) is 25.1 Å². The van der Waals surface area contributed by atoms with E-state index >= 15 is 0 Å². The Labute approximate surface area is 124 Å². The number of sulfonamides is 1. The van der Waals surface area contributed by atoms with E-state index in [-0.39, 0.29) is 31.0 Å². The third-order valence-electron chi connectivity index (χ3n) is 2.62. The van der Waals surface area contributed by atoms with Crippen LogP contribution in [-0.2, 0) is 14.8 Å². The Balaban J connectivity index is 2.95. The van der Waals surface area contributed by atoms with Crippen molar-refractivity contribution in [3.05, 3.63) is 12.4 Å². The fourth-order valence-corrected chi connectivity index (χ4v) is 2.88. The molecule has 0 atom stereocenters. The fraction of sp³-hybridized carbons (Fsp3) is 0.583. The van der Waals surface area contributed by atoms with Crippen LogP contribution in [0.25, 0.3) is 0 Å². The van der Waals surface area contributed by atoms with Crippen LogP contribution in [0.5, 0.6) is 0 Å². The maximum Gasteiger partial charge on any atom is 0.246 e. The lowest BCUT2D eigenvalue weighted by molar-refractivity contribution is 0.179. The van der Waals surface area contributed by atoms with Crippen LogP contribution in [0.15, 0.2) is 17.3 Å². The van der Waals surface area contributed by atoms with Gasteiger partial charge >= 0.3 is 0 Å². The third kappa shape index (κ3) is 4.93. The normalized spacial score (nSPS) is 11.3. The molecule has 0 amide bonds. The SMILES string of the molecule is CCNc1ncc(S(=O)(=O)N(CCC#N)CCOC)cn1. The zero-order valence-corrected chi connectivity index (χ0v) is 12.9.